The summed E-state index contributed by atoms with van der Waals surface area (Å²) >= 11 is 1.13. The second-order valence-corrected chi connectivity index (χ2v) is 10.3. The van der Waals surface area contributed by atoms with Crippen LogP contribution in [0.25, 0.3) is 21.6 Å². The molecule has 0 aliphatic carbocycles. The van der Waals surface area contributed by atoms with Crippen LogP contribution in [0.15, 0.2) is 58.4 Å². The molecular weight excluding hydrogens is 480 g/mol. The Labute approximate surface area is 197 Å². The summed E-state index contributed by atoms with van der Waals surface area (Å²) in [6.45, 7) is 1.12. The first-order valence-electron chi connectivity index (χ1n) is 10.2. The number of sulfonamides is 1. The molecule has 0 radical (unpaired) electrons. The number of aromatic nitrogens is 4. The number of fused-ring (bicyclic) bond motifs is 1. The van der Waals surface area contributed by atoms with Crippen molar-refractivity contribution >= 4 is 43.3 Å². The maximum atomic E-state index is 13.1. The fourth-order valence-corrected chi connectivity index (χ4v) is 5.70. The Morgan fingerprint density at radius 1 is 1.12 bits per heavy atom. The molecule has 0 bridgehead atoms. The van der Waals surface area contributed by atoms with Crippen LogP contribution >= 0.6 is 11.3 Å². The third-order valence-electron chi connectivity index (χ3n) is 5.20. The molecule has 0 spiro atoms. The minimum Gasteiger partial charge on any atom is -0.379 e. The number of nitrogens with one attached hydrogen (secondary N) is 2. The van der Waals surface area contributed by atoms with E-state index in [4.69, 9.17) is 4.74 Å². The molecule has 34 heavy (non-hydrogen) atoms. The molecule has 4 aromatic rings. The molecule has 1 aliphatic heterocycles. The number of rotatable bonds is 5. The summed E-state index contributed by atoms with van der Waals surface area (Å²) < 4.78 is 32.7. The van der Waals surface area contributed by atoms with E-state index in [1.165, 1.54) is 22.5 Å². The number of hydrogen-bond acceptors (Lipinski definition) is 9. The van der Waals surface area contributed by atoms with Gasteiger partial charge in [0.1, 0.15) is 5.69 Å². The standard InChI is InChI=1S/C21H18N6O5S2/c28-18-12-15(19(29)24-21-26-25-20(33-21)17-3-1-2-6-22-17)14-11-13(4-5-16(14)23-18)34(30,31)27-7-9-32-10-8-27/h1-6,11-12H,7-10H2,(H,23,28)(H,24,26,29). The molecule has 1 fully saturated rings. The maximum Gasteiger partial charge on any atom is 0.258 e. The van der Waals surface area contributed by atoms with Crippen molar-refractivity contribution in [2.24, 2.45) is 0 Å². The van der Waals surface area contributed by atoms with Crippen LogP contribution in [0.4, 0.5) is 5.13 Å². The predicted octanol–water partition coefficient (Wildman–Crippen LogP) is 1.71. The van der Waals surface area contributed by atoms with Gasteiger partial charge in [-0.15, -0.1) is 10.2 Å². The van der Waals surface area contributed by atoms with Gasteiger partial charge in [-0.1, -0.05) is 17.4 Å². The van der Waals surface area contributed by atoms with Gasteiger partial charge in [0.05, 0.1) is 23.7 Å². The lowest BCUT2D eigenvalue weighted by Crippen LogP contribution is -2.40. The molecule has 1 aliphatic rings. The Morgan fingerprint density at radius 3 is 2.71 bits per heavy atom. The van der Waals surface area contributed by atoms with E-state index in [2.05, 4.69) is 25.5 Å². The summed E-state index contributed by atoms with van der Waals surface area (Å²) in [5.41, 5.74) is 0.477. The number of carbonyl (C=O) groups is 1. The summed E-state index contributed by atoms with van der Waals surface area (Å²) in [6.07, 6.45) is 1.62. The van der Waals surface area contributed by atoms with Gasteiger partial charge in [-0.2, -0.15) is 4.31 Å². The average molecular weight is 499 g/mol. The number of amides is 1. The van der Waals surface area contributed by atoms with Crippen LogP contribution in [-0.4, -0.2) is 65.1 Å². The molecule has 2 N–H and O–H groups in total. The van der Waals surface area contributed by atoms with Gasteiger partial charge >= 0.3 is 0 Å². The minimum atomic E-state index is -3.79. The number of pyridine rings is 2. The zero-order chi connectivity index (χ0) is 23.7. The Hall–Kier alpha value is -3.52. The van der Waals surface area contributed by atoms with E-state index in [1.807, 2.05) is 6.07 Å². The number of H-pyrrole nitrogens is 1. The number of nitrogens with zero attached hydrogens (tertiary/aromatic N) is 4. The Morgan fingerprint density at radius 2 is 1.94 bits per heavy atom. The predicted molar refractivity (Wildman–Crippen MR) is 125 cm³/mol. The van der Waals surface area contributed by atoms with Gasteiger partial charge < -0.3 is 9.72 Å². The molecule has 5 rings (SSSR count). The summed E-state index contributed by atoms with van der Waals surface area (Å²) in [6, 6.07) is 10.8. The highest BCUT2D eigenvalue weighted by Gasteiger charge is 2.27. The summed E-state index contributed by atoms with van der Waals surface area (Å²) in [4.78, 5) is 32.1. The Balaban J connectivity index is 1.49. The number of carbonyl (C=O) groups excluding carboxylic acids is 1. The normalized spacial score (nSPS) is 14.8. The van der Waals surface area contributed by atoms with Gasteiger partial charge in [0.2, 0.25) is 20.7 Å². The fourth-order valence-electron chi connectivity index (χ4n) is 3.55. The zero-order valence-corrected chi connectivity index (χ0v) is 19.2. The first-order valence-corrected chi connectivity index (χ1v) is 12.5. The van der Waals surface area contributed by atoms with Crippen LogP contribution < -0.4 is 10.9 Å². The second-order valence-electron chi connectivity index (χ2n) is 7.35. The van der Waals surface area contributed by atoms with Crippen LogP contribution in [0.1, 0.15) is 10.4 Å². The molecule has 0 unspecified atom stereocenters. The van der Waals surface area contributed by atoms with Gasteiger partial charge in [0, 0.05) is 36.3 Å². The van der Waals surface area contributed by atoms with E-state index in [0.717, 1.165) is 17.4 Å². The molecule has 4 heterocycles. The number of benzene rings is 1. The Bertz CT molecular complexity index is 1530. The maximum absolute atomic E-state index is 13.1. The van der Waals surface area contributed by atoms with Crippen molar-refractivity contribution in [2.75, 3.05) is 31.6 Å². The van der Waals surface area contributed by atoms with Gasteiger partial charge in [0.25, 0.3) is 5.91 Å². The van der Waals surface area contributed by atoms with Crippen molar-refractivity contribution in [1.29, 1.82) is 0 Å². The number of aromatic amines is 1. The molecule has 3 aromatic heterocycles. The minimum absolute atomic E-state index is 0.0207. The molecular formula is C21H18N6O5S2. The van der Waals surface area contributed by atoms with Gasteiger partial charge in [-0.25, -0.2) is 8.42 Å². The monoisotopic (exact) mass is 498 g/mol. The molecule has 1 aromatic carbocycles. The lowest BCUT2D eigenvalue weighted by Gasteiger charge is -2.26. The van der Waals surface area contributed by atoms with E-state index in [0.29, 0.717) is 34.8 Å². The van der Waals surface area contributed by atoms with Gasteiger partial charge in [0.15, 0.2) is 5.01 Å². The van der Waals surface area contributed by atoms with E-state index < -0.39 is 21.5 Å². The van der Waals surface area contributed by atoms with Crippen LogP contribution in [0, 0.1) is 0 Å². The third kappa shape index (κ3) is 4.33. The summed E-state index contributed by atoms with van der Waals surface area (Å²) in [5, 5.41) is 11.7. The number of ether oxygens (including phenoxy) is 1. The molecule has 13 heteroatoms. The quantitative estimate of drug-likeness (QED) is 0.423. The Kier molecular flexibility index (Phi) is 5.91. The van der Waals surface area contributed by atoms with Crippen molar-refractivity contribution in [3.63, 3.8) is 0 Å². The van der Waals surface area contributed by atoms with Crippen molar-refractivity contribution < 1.29 is 17.9 Å². The summed E-state index contributed by atoms with van der Waals surface area (Å²) in [5.74, 6) is -0.610. The van der Waals surface area contributed by atoms with Crippen molar-refractivity contribution in [3.8, 4) is 10.7 Å². The van der Waals surface area contributed by atoms with E-state index in [1.54, 1.807) is 18.3 Å². The van der Waals surface area contributed by atoms with Crippen LogP contribution in [0.3, 0.4) is 0 Å². The number of anilines is 1. The van der Waals surface area contributed by atoms with Crippen LogP contribution in [-0.2, 0) is 14.8 Å². The smallest absolute Gasteiger partial charge is 0.258 e. The molecule has 174 valence electrons. The number of hydrogen-bond donors (Lipinski definition) is 2. The molecule has 0 atom stereocenters. The molecule has 1 amide bonds. The van der Waals surface area contributed by atoms with Crippen molar-refractivity contribution in [3.05, 3.63) is 64.6 Å². The van der Waals surface area contributed by atoms with E-state index in [-0.39, 0.29) is 28.7 Å². The first kappa shape index (κ1) is 22.3. The highest BCUT2D eigenvalue weighted by Crippen LogP contribution is 2.27. The van der Waals surface area contributed by atoms with E-state index >= 15 is 0 Å². The highest BCUT2D eigenvalue weighted by atomic mass is 32.2. The lowest BCUT2D eigenvalue weighted by molar-refractivity contribution is 0.0730. The lowest BCUT2D eigenvalue weighted by atomic mass is 10.1. The summed E-state index contributed by atoms with van der Waals surface area (Å²) in [7, 11) is -3.79. The molecule has 1 saturated heterocycles. The van der Waals surface area contributed by atoms with E-state index in [9.17, 15) is 18.0 Å². The second kappa shape index (κ2) is 9.02. The molecule has 11 nitrogen and oxygen atoms in total. The van der Waals surface area contributed by atoms with Gasteiger partial charge in [-0.3, -0.25) is 19.9 Å². The number of morpholine rings is 1. The van der Waals surface area contributed by atoms with Crippen molar-refractivity contribution in [2.45, 2.75) is 4.90 Å². The highest BCUT2D eigenvalue weighted by molar-refractivity contribution is 7.89. The van der Waals surface area contributed by atoms with Crippen LogP contribution in [0.5, 0.6) is 0 Å². The van der Waals surface area contributed by atoms with Crippen molar-refractivity contribution in [1.82, 2.24) is 24.5 Å². The third-order valence-corrected chi connectivity index (χ3v) is 7.95. The average Bonchev–Trinajstić information content (AvgIpc) is 3.32. The van der Waals surface area contributed by atoms with Gasteiger partial charge in [-0.05, 0) is 30.3 Å². The van der Waals surface area contributed by atoms with Crippen LogP contribution in [0.2, 0.25) is 0 Å². The largest absolute Gasteiger partial charge is 0.379 e. The topological polar surface area (TPSA) is 147 Å². The zero-order valence-electron chi connectivity index (χ0n) is 17.6. The first-order chi connectivity index (χ1) is 16.4. The SMILES string of the molecule is O=C(Nc1nnc(-c2ccccn2)s1)c1cc(=O)[nH]c2ccc(S(=O)(=O)N3CCOCC3)cc12. The fraction of sp³-hybridized carbons (Fsp3) is 0.190. The molecule has 0 saturated carbocycles.